The Morgan fingerprint density at radius 2 is 2.13 bits per heavy atom. The summed E-state index contributed by atoms with van der Waals surface area (Å²) >= 11 is 0. The Morgan fingerprint density at radius 1 is 1.47 bits per heavy atom. The molecule has 0 saturated carbocycles. The average molecular weight is 220 g/mol. The monoisotopic (exact) mass is 220 g/mol. The lowest BCUT2D eigenvalue weighted by Crippen LogP contribution is -2.09. The summed E-state index contributed by atoms with van der Waals surface area (Å²) in [5.41, 5.74) is 4.53. The molecule has 6 heteroatoms. The number of hydrogen-bond acceptors (Lipinski definition) is 3. The second-order valence-electron chi connectivity index (χ2n) is 2.95. The highest BCUT2D eigenvalue weighted by atomic mass is 19.4. The molecule has 0 aliphatic heterocycles. The van der Waals surface area contributed by atoms with Crippen LogP contribution in [0.1, 0.15) is 19.0 Å². The van der Waals surface area contributed by atoms with Gasteiger partial charge < -0.3 is 10.5 Å². The van der Waals surface area contributed by atoms with E-state index in [1.807, 2.05) is 6.92 Å². The molecule has 1 heterocycles. The Labute approximate surface area is 85.1 Å². The molecule has 15 heavy (non-hydrogen) atoms. The van der Waals surface area contributed by atoms with E-state index in [0.29, 0.717) is 13.0 Å². The second kappa shape index (κ2) is 4.37. The standard InChI is InChI=1S/C9H11F3N2O/c1-2-3-15-7-4-8(9(10,11)12)14-5-6(7)13/h4-5H,2-3,13H2,1H3. The molecule has 0 spiro atoms. The first-order valence-corrected chi connectivity index (χ1v) is 4.40. The summed E-state index contributed by atoms with van der Waals surface area (Å²) in [4.78, 5) is 3.19. The molecule has 0 radical (unpaired) electrons. The van der Waals surface area contributed by atoms with E-state index in [-0.39, 0.29) is 11.4 Å². The van der Waals surface area contributed by atoms with E-state index >= 15 is 0 Å². The fourth-order valence-electron chi connectivity index (χ4n) is 0.940. The first-order chi connectivity index (χ1) is 6.95. The van der Waals surface area contributed by atoms with Crippen LogP contribution in [0.25, 0.3) is 0 Å². The smallest absolute Gasteiger partial charge is 0.433 e. The van der Waals surface area contributed by atoms with Gasteiger partial charge >= 0.3 is 6.18 Å². The highest BCUT2D eigenvalue weighted by molar-refractivity contribution is 5.51. The molecular weight excluding hydrogens is 209 g/mol. The molecule has 0 saturated heterocycles. The van der Waals surface area contributed by atoms with Gasteiger partial charge in [0.15, 0.2) is 0 Å². The van der Waals surface area contributed by atoms with Crippen molar-refractivity contribution in [3.63, 3.8) is 0 Å². The maximum atomic E-state index is 12.3. The fraction of sp³-hybridized carbons (Fsp3) is 0.444. The minimum atomic E-state index is -4.47. The quantitative estimate of drug-likeness (QED) is 0.851. The predicted octanol–water partition coefficient (Wildman–Crippen LogP) is 2.47. The maximum absolute atomic E-state index is 12.3. The van der Waals surface area contributed by atoms with Gasteiger partial charge in [0.25, 0.3) is 0 Å². The molecule has 1 aromatic rings. The molecule has 1 aromatic heterocycles. The molecule has 0 fully saturated rings. The molecular formula is C9H11F3N2O. The molecule has 0 unspecified atom stereocenters. The zero-order valence-electron chi connectivity index (χ0n) is 8.14. The molecule has 3 nitrogen and oxygen atoms in total. The number of anilines is 1. The lowest BCUT2D eigenvalue weighted by molar-refractivity contribution is -0.141. The van der Waals surface area contributed by atoms with Crippen molar-refractivity contribution in [2.75, 3.05) is 12.3 Å². The van der Waals surface area contributed by atoms with E-state index < -0.39 is 11.9 Å². The molecule has 1 rings (SSSR count). The highest BCUT2D eigenvalue weighted by Gasteiger charge is 2.33. The van der Waals surface area contributed by atoms with Crippen molar-refractivity contribution in [2.24, 2.45) is 0 Å². The molecule has 84 valence electrons. The average Bonchev–Trinajstić information content (AvgIpc) is 2.15. The third-order valence-electron chi connectivity index (χ3n) is 1.65. The van der Waals surface area contributed by atoms with E-state index in [1.54, 1.807) is 0 Å². The lowest BCUT2D eigenvalue weighted by Gasteiger charge is -2.10. The summed E-state index contributed by atoms with van der Waals surface area (Å²) in [7, 11) is 0. The van der Waals surface area contributed by atoms with Crippen molar-refractivity contribution >= 4 is 5.69 Å². The van der Waals surface area contributed by atoms with Crippen molar-refractivity contribution in [2.45, 2.75) is 19.5 Å². The van der Waals surface area contributed by atoms with Gasteiger partial charge in [-0.25, -0.2) is 4.98 Å². The van der Waals surface area contributed by atoms with Crippen LogP contribution in [-0.4, -0.2) is 11.6 Å². The number of rotatable bonds is 3. The maximum Gasteiger partial charge on any atom is 0.433 e. The van der Waals surface area contributed by atoms with Gasteiger partial charge in [0.1, 0.15) is 11.4 Å². The Morgan fingerprint density at radius 3 is 2.67 bits per heavy atom. The number of aromatic nitrogens is 1. The molecule has 0 aliphatic rings. The number of alkyl halides is 3. The van der Waals surface area contributed by atoms with Crippen LogP contribution in [0.2, 0.25) is 0 Å². The number of nitrogens with two attached hydrogens (primary N) is 1. The van der Waals surface area contributed by atoms with Crippen LogP contribution >= 0.6 is 0 Å². The van der Waals surface area contributed by atoms with Crippen molar-refractivity contribution < 1.29 is 17.9 Å². The Bertz CT molecular complexity index is 339. The Balaban J connectivity index is 2.95. The van der Waals surface area contributed by atoms with Gasteiger partial charge in [-0.1, -0.05) is 6.92 Å². The molecule has 0 aliphatic carbocycles. The number of ether oxygens (including phenoxy) is 1. The van der Waals surface area contributed by atoms with Gasteiger partial charge in [-0.2, -0.15) is 13.2 Å². The number of pyridine rings is 1. The van der Waals surface area contributed by atoms with Crippen molar-refractivity contribution in [3.8, 4) is 5.75 Å². The Kier molecular flexibility index (Phi) is 3.39. The van der Waals surface area contributed by atoms with Crippen LogP contribution in [0, 0.1) is 0 Å². The van der Waals surface area contributed by atoms with Gasteiger partial charge in [-0.15, -0.1) is 0 Å². The lowest BCUT2D eigenvalue weighted by atomic mass is 10.3. The minimum absolute atomic E-state index is 0.0270. The van der Waals surface area contributed by atoms with Crippen LogP contribution in [-0.2, 0) is 6.18 Å². The van der Waals surface area contributed by atoms with E-state index in [9.17, 15) is 13.2 Å². The van der Waals surface area contributed by atoms with Gasteiger partial charge in [-0.3, -0.25) is 0 Å². The first-order valence-electron chi connectivity index (χ1n) is 4.40. The van der Waals surface area contributed by atoms with E-state index in [4.69, 9.17) is 10.5 Å². The van der Waals surface area contributed by atoms with Crippen LogP contribution in [0.3, 0.4) is 0 Å². The van der Waals surface area contributed by atoms with Crippen LogP contribution in [0.4, 0.5) is 18.9 Å². The third kappa shape index (κ3) is 3.00. The van der Waals surface area contributed by atoms with Gasteiger partial charge in [-0.05, 0) is 6.42 Å². The summed E-state index contributed by atoms with van der Waals surface area (Å²) in [5, 5.41) is 0. The molecule has 0 amide bonds. The minimum Gasteiger partial charge on any atom is -0.491 e. The number of hydrogen-bond donors (Lipinski definition) is 1. The van der Waals surface area contributed by atoms with Crippen molar-refractivity contribution in [1.82, 2.24) is 4.98 Å². The fourth-order valence-corrected chi connectivity index (χ4v) is 0.940. The topological polar surface area (TPSA) is 48.1 Å². The zero-order chi connectivity index (χ0) is 11.5. The largest absolute Gasteiger partial charge is 0.491 e. The summed E-state index contributed by atoms with van der Waals surface area (Å²) in [6.07, 6.45) is -2.82. The number of halogens is 3. The van der Waals surface area contributed by atoms with Gasteiger partial charge in [0.2, 0.25) is 0 Å². The van der Waals surface area contributed by atoms with Crippen molar-refractivity contribution in [3.05, 3.63) is 18.0 Å². The molecule has 0 bridgehead atoms. The normalized spacial score (nSPS) is 11.5. The van der Waals surface area contributed by atoms with Crippen LogP contribution in [0.15, 0.2) is 12.3 Å². The first kappa shape index (κ1) is 11.6. The number of nitrogen functional groups attached to an aromatic ring is 1. The van der Waals surface area contributed by atoms with Gasteiger partial charge in [0, 0.05) is 6.07 Å². The van der Waals surface area contributed by atoms with E-state index in [1.165, 1.54) is 0 Å². The predicted molar refractivity (Wildman–Crippen MR) is 49.4 cm³/mol. The summed E-state index contributed by atoms with van der Waals surface area (Å²) in [6, 6.07) is 0.811. The molecule has 0 atom stereocenters. The van der Waals surface area contributed by atoms with E-state index in [2.05, 4.69) is 4.98 Å². The van der Waals surface area contributed by atoms with Crippen LogP contribution in [0.5, 0.6) is 5.75 Å². The zero-order valence-corrected chi connectivity index (χ0v) is 8.14. The van der Waals surface area contributed by atoms with E-state index in [0.717, 1.165) is 12.3 Å². The molecule has 0 aromatic carbocycles. The van der Waals surface area contributed by atoms with Crippen molar-refractivity contribution in [1.29, 1.82) is 0 Å². The number of nitrogens with zero attached hydrogens (tertiary/aromatic N) is 1. The van der Waals surface area contributed by atoms with Gasteiger partial charge in [0.05, 0.1) is 18.5 Å². The summed E-state index contributed by atoms with van der Waals surface area (Å²) in [5.74, 6) is 0.0270. The summed E-state index contributed by atoms with van der Waals surface area (Å²) < 4.78 is 41.8. The van der Waals surface area contributed by atoms with Crippen LogP contribution < -0.4 is 10.5 Å². The summed E-state index contributed by atoms with van der Waals surface area (Å²) in [6.45, 7) is 2.17. The Hall–Kier alpha value is -1.46. The third-order valence-corrected chi connectivity index (χ3v) is 1.65. The SMILES string of the molecule is CCCOc1cc(C(F)(F)F)ncc1N. The second-order valence-corrected chi connectivity index (χ2v) is 2.95. The highest BCUT2D eigenvalue weighted by Crippen LogP contribution is 2.32. The molecule has 2 N–H and O–H groups in total.